The Morgan fingerprint density at radius 1 is 1.43 bits per heavy atom. The van der Waals surface area contributed by atoms with E-state index >= 15 is 0 Å². The molecule has 0 saturated heterocycles. The van der Waals surface area contributed by atoms with Crippen molar-refractivity contribution >= 4 is 5.91 Å². The molecule has 72 valence electrons. The molecule has 1 aliphatic rings. The van der Waals surface area contributed by atoms with Crippen LogP contribution in [0.4, 0.5) is 4.39 Å². The quantitative estimate of drug-likeness (QED) is 0.614. The highest BCUT2D eigenvalue weighted by atomic mass is 19.1. The molecule has 0 atom stereocenters. The van der Waals surface area contributed by atoms with Gasteiger partial charge >= 0.3 is 0 Å². The van der Waals surface area contributed by atoms with Gasteiger partial charge in [0.15, 0.2) is 0 Å². The molecule has 2 nitrogen and oxygen atoms in total. The molecule has 1 aliphatic heterocycles. The molecule has 14 heavy (non-hydrogen) atoms. The van der Waals surface area contributed by atoms with Crippen LogP contribution in [0.3, 0.4) is 0 Å². The number of carbonyl (C=O) groups excluding carboxylic acids is 1. The summed E-state index contributed by atoms with van der Waals surface area (Å²) in [6.45, 7) is 0. The van der Waals surface area contributed by atoms with Crippen molar-refractivity contribution in [3.8, 4) is 0 Å². The van der Waals surface area contributed by atoms with Gasteiger partial charge in [-0.1, -0.05) is 12.1 Å². The summed E-state index contributed by atoms with van der Waals surface area (Å²) in [5.41, 5.74) is 1.33. The van der Waals surface area contributed by atoms with Gasteiger partial charge < -0.3 is 4.90 Å². The molecule has 0 unspecified atom stereocenters. The number of halogens is 1. The zero-order valence-electron chi connectivity index (χ0n) is 7.83. The Kier molecular flexibility index (Phi) is 2.08. The molecule has 0 saturated carbocycles. The molecule has 0 radical (unpaired) electrons. The lowest BCUT2D eigenvalue weighted by atomic mass is 10.0. The molecule has 0 spiro atoms. The molecule has 0 aromatic heterocycles. The number of nitrogens with zero attached hydrogens (tertiary/aromatic N) is 1. The number of allylic oxidation sites excluding steroid dienone is 1. The first-order valence-corrected chi connectivity index (χ1v) is 4.41. The van der Waals surface area contributed by atoms with Crippen LogP contribution in [0.2, 0.25) is 0 Å². The number of hydrogen-bond donors (Lipinski definition) is 0. The molecular formula is C11H10FNO. The Hall–Kier alpha value is -1.64. The summed E-state index contributed by atoms with van der Waals surface area (Å²) in [5.74, 6) is -0.527. The molecule has 1 aromatic rings. The summed E-state index contributed by atoms with van der Waals surface area (Å²) < 4.78 is 12.9. The number of carbonyl (C=O) groups is 1. The van der Waals surface area contributed by atoms with Crippen molar-refractivity contribution in [3.63, 3.8) is 0 Å². The largest absolute Gasteiger partial charge is 0.318 e. The first-order valence-electron chi connectivity index (χ1n) is 4.41. The number of amides is 1. The van der Waals surface area contributed by atoms with Crippen LogP contribution in [0.25, 0.3) is 0 Å². The van der Waals surface area contributed by atoms with E-state index in [9.17, 15) is 9.18 Å². The van der Waals surface area contributed by atoms with Crippen LogP contribution in [0.5, 0.6) is 0 Å². The smallest absolute Gasteiger partial charge is 0.257 e. The third-order valence-electron chi connectivity index (χ3n) is 2.29. The van der Waals surface area contributed by atoms with Crippen molar-refractivity contribution < 1.29 is 9.18 Å². The second kappa shape index (κ2) is 3.25. The Morgan fingerprint density at radius 3 is 3.00 bits per heavy atom. The molecule has 1 aromatic carbocycles. The minimum Gasteiger partial charge on any atom is -0.318 e. The third kappa shape index (κ3) is 1.41. The van der Waals surface area contributed by atoms with E-state index in [-0.39, 0.29) is 11.7 Å². The van der Waals surface area contributed by atoms with Crippen LogP contribution >= 0.6 is 0 Å². The Balaban J connectivity index is 2.55. The fourth-order valence-corrected chi connectivity index (χ4v) is 1.52. The van der Waals surface area contributed by atoms with Crippen molar-refractivity contribution in [3.05, 3.63) is 47.4 Å². The summed E-state index contributed by atoms with van der Waals surface area (Å²) in [6, 6.07) is 4.33. The van der Waals surface area contributed by atoms with E-state index in [4.69, 9.17) is 0 Å². The standard InChI is InChI=1S/C11H10FNO/c1-13-6-2-3-8-4-5-9(12)7-10(8)11(13)14/h2,4-7H,3H2,1H3. The molecular weight excluding hydrogens is 181 g/mol. The number of benzene rings is 1. The predicted molar refractivity (Wildman–Crippen MR) is 51.3 cm³/mol. The van der Waals surface area contributed by atoms with E-state index in [1.54, 1.807) is 19.3 Å². The highest BCUT2D eigenvalue weighted by molar-refractivity contribution is 5.96. The van der Waals surface area contributed by atoms with Gasteiger partial charge in [0.2, 0.25) is 0 Å². The second-order valence-electron chi connectivity index (χ2n) is 3.31. The Bertz CT molecular complexity index is 412. The van der Waals surface area contributed by atoms with Gasteiger partial charge in [0.25, 0.3) is 5.91 Å². The number of fused-ring (bicyclic) bond motifs is 1. The number of hydrogen-bond acceptors (Lipinski definition) is 1. The lowest BCUT2D eigenvalue weighted by molar-refractivity contribution is 0.0850. The van der Waals surface area contributed by atoms with E-state index in [0.717, 1.165) is 5.56 Å². The molecule has 1 amide bonds. The molecule has 2 rings (SSSR count). The van der Waals surface area contributed by atoms with Gasteiger partial charge in [-0.05, 0) is 24.1 Å². The maximum atomic E-state index is 12.9. The lowest BCUT2D eigenvalue weighted by Crippen LogP contribution is -2.20. The van der Waals surface area contributed by atoms with Crippen LogP contribution < -0.4 is 0 Å². The molecule has 1 heterocycles. The van der Waals surface area contributed by atoms with Crippen molar-refractivity contribution in [1.82, 2.24) is 4.90 Å². The highest BCUT2D eigenvalue weighted by Crippen LogP contribution is 2.17. The van der Waals surface area contributed by atoms with Crippen LogP contribution in [-0.2, 0) is 6.42 Å². The van der Waals surface area contributed by atoms with Gasteiger partial charge in [-0.3, -0.25) is 4.79 Å². The highest BCUT2D eigenvalue weighted by Gasteiger charge is 2.16. The fourth-order valence-electron chi connectivity index (χ4n) is 1.52. The molecule has 0 aliphatic carbocycles. The fraction of sp³-hybridized carbons (Fsp3) is 0.182. The van der Waals surface area contributed by atoms with Gasteiger partial charge in [-0.15, -0.1) is 0 Å². The van der Waals surface area contributed by atoms with E-state index in [1.165, 1.54) is 17.0 Å². The predicted octanol–water partition coefficient (Wildman–Crippen LogP) is 1.97. The normalized spacial score (nSPS) is 15.3. The lowest BCUT2D eigenvalue weighted by Gasteiger charge is -2.11. The van der Waals surface area contributed by atoms with E-state index < -0.39 is 0 Å². The van der Waals surface area contributed by atoms with Crippen molar-refractivity contribution in [2.45, 2.75) is 6.42 Å². The SMILES string of the molecule is CN1C=CCc2ccc(F)cc2C1=O. The zero-order valence-corrected chi connectivity index (χ0v) is 7.83. The average Bonchev–Trinajstić information content (AvgIpc) is 2.30. The molecule has 0 bridgehead atoms. The Morgan fingerprint density at radius 2 is 2.21 bits per heavy atom. The first kappa shape index (κ1) is 8.94. The van der Waals surface area contributed by atoms with Crippen LogP contribution in [-0.4, -0.2) is 17.9 Å². The van der Waals surface area contributed by atoms with Gasteiger partial charge in [-0.25, -0.2) is 4.39 Å². The summed E-state index contributed by atoms with van der Waals surface area (Å²) in [5, 5.41) is 0. The summed E-state index contributed by atoms with van der Waals surface area (Å²) >= 11 is 0. The van der Waals surface area contributed by atoms with Crippen LogP contribution in [0.1, 0.15) is 15.9 Å². The Labute approximate surface area is 81.6 Å². The first-order chi connectivity index (χ1) is 6.68. The van der Waals surface area contributed by atoms with Crippen LogP contribution in [0.15, 0.2) is 30.5 Å². The van der Waals surface area contributed by atoms with Gasteiger partial charge in [0.05, 0.1) is 0 Å². The van der Waals surface area contributed by atoms with Crippen molar-refractivity contribution in [2.24, 2.45) is 0 Å². The summed E-state index contributed by atoms with van der Waals surface area (Å²) in [4.78, 5) is 13.2. The maximum Gasteiger partial charge on any atom is 0.257 e. The van der Waals surface area contributed by atoms with Crippen LogP contribution in [0, 0.1) is 5.82 Å². The maximum absolute atomic E-state index is 12.9. The monoisotopic (exact) mass is 191 g/mol. The second-order valence-corrected chi connectivity index (χ2v) is 3.31. The van der Waals surface area contributed by atoms with Gasteiger partial charge in [-0.2, -0.15) is 0 Å². The van der Waals surface area contributed by atoms with Crippen molar-refractivity contribution in [2.75, 3.05) is 7.05 Å². The van der Waals surface area contributed by atoms with E-state index in [1.807, 2.05) is 6.08 Å². The summed E-state index contributed by atoms with van der Waals surface area (Å²) in [6.07, 6.45) is 4.27. The third-order valence-corrected chi connectivity index (χ3v) is 2.29. The molecule has 0 fully saturated rings. The minimum absolute atomic E-state index is 0.159. The van der Waals surface area contributed by atoms with Gasteiger partial charge in [0, 0.05) is 18.8 Å². The van der Waals surface area contributed by atoms with Gasteiger partial charge in [0.1, 0.15) is 5.82 Å². The summed E-state index contributed by atoms with van der Waals surface area (Å²) in [7, 11) is 1.67. The minimum atomic E-state index is -0.368. The molecule has 0 N–H and O–H groups in total. The average molecular weight is 191 g/mol. The van der Waals surface area contributed by atoms with E-state index in [0.29, 0.717) is 12.0 Å². The topological polar surface area (TPSA) is 20.3 Å². The molecule has 3 heteroatoms. The zero-order chi connectivity index (χ0) is 10.1. The number of rotatable bonds is 0. The van der Waals surface area contributed by atoms with E-state index in [2.05, 4.69) is 0 Å². The van der Waals surface area contributed by atoms with Crippen molar-refractivity contribution in [1.29, 1.82) is 0 Å².